The van der Waals surface area contributed by atoms with Gasteiger partial charge < -0.3 is 14.4 Å². The molecule has 2 rings (SSSR count). The third kappa shape index (κ3) is 2.69. The molecular formula is C11H12N2O5. The molecule has 0 aromatic heterocycles. The molecule has 1 aromatic rings. The molecule has 0 spiro atoms. The number of nitrogens with one attached hydrogen (secondary N) is 1. The third-order valence-corrected chi connectivity index (χ3v) is 2.11. The number of hydrazine groups is 1. The Labute approximate surface area is 103 Å². The minimum Gasteiger partial charge on any atom is -0.494 e. The molecule has 0 aliphatic carbocycles. The van der Waals surface area contributed by atoms with Gasteiger partial charge in [-0.15, -0.1) is 5.17 Å². The van der Waals surface area contributed by atoms with Gasteiger partial charge in [0.2, 0.25) is 0 Å². The number of hydrogen-bond acceptors (Lipinski definition) is 7. The molecule has 7 heteroatoms. The van der Waals surface area contributed by atoms with Crippen LogP contribution in [0.3, 0.4) is 0 Å². The van der Waals surface area contributed by atoms with Gasteiger partial charge in [-0.05, 0) is 36.3 Å². The lowest BCUT2D eigenvalue weighted by atomic mass is 10.3. The molecule has 1 saturated heterocycles. The van der Waals surface area contributed by atoms with E-state index in [2.05, 4.69) is 15.3 Å². The van der Waals surface area contributed by atoms with Crippen molar-refractivity contribution in [3.05, 3.63) is 24.3 Å². The number of benzene rings is 1. The Hall–Kier alpha value is -2.28. The van der Waals surface area contributed by atoms with E-state index in [1.807, 2.05) is 6.92 Å². The maximum Gasteiger partial charge on any atom is 0.444 e. The molecule has 1 aromatic carbocycles. The maximum absolute atomic E-state index is 11.0. The Morgan fingerprint density at radius 1 is 1.22 bits per heavy atom. The lowest BCUT2D eigenvalue weighted by molar-refractivity contribution is -0.192. The van der Waals surface area contributed by atoms with Crippen molar-refractivity contribution in [3.63, 3.8) is 0 Å². The van der Waals surface area contributed by atoms with E-state index >= 15 is 0 Å². The molecule has 96 valence electrons. The van der Waals surface area contributed by atoms with Crippen molar-refractivity contribution in [2.45, 2.75) is 13.3 Å². The van der Waals surface area contributed by atoms with Gasteiger partial charge in [-0.2, -0.15) is 0 Å². The summed E-state index contributed by atoms with van der Waals surface area (Å²) in [6, 6.07) is 6.75. The zero-order valence-electron chi connectivity index (χ0n) is 9.71. The SMILES string of the molecule is CCCOc1ccc(N2NOC(=O)C(=O)O2)cc1. The highest BCUT2D eigenvalue weighted by Crippen LogP contribution is 2.19. The van der Waals surface area contributed by atoms with Crippen molar-refractivity contribution in [1.29, 1.82) is 0 Å². The number of carbonyl (C=O) groups is 2. The van der Waals surface area contributed by atoms with Crippen molar-refractivity contribution >= 4 is 17.6 Å². The van der Waals surface area contributed by atoms with E-state index in [9.17, 15) is 9.59 Å². The van der Waals surface area contributed by atoms with Crippen LogP contribution < -0.4 is 15.5 Å². The Morgan fingerprint density at radius 3 is 2.56 bits per heavy atom. The Kier molecular flexibility index (Phi) is 3.63. The van der Waals surface area contributed by atoms with Crippen molar-refractivity contribution in [3.8, 4) is 5.75 Å². The highest BCUT2D eigenvalue weighted by Gasteiger charge is 2.29. The van der Waals surface area contributed by atoms with Crippen LogP contribution in [0.4, 0.5) is 5.69 Å². The van der Waals surface area contributed by atoms with E-state index < -0.39 is 11.9 Å². The van der Waals surface area contributed by atoms with Crippen molar-refractivity contribution < 1.29 is 24.0 Å². The summed E-state index contributed by atoms with van der Waals surface area (Å²) in [5.74, 6) is -1.46. The fourth-order valence-electron chi connectivity index (χ4n) is 1.27. The molecular weight excluding hydrogens is 240 g/mol. The standard InChI is InChI=1S/C11H12N2O5/c1-2-7-16-9-5-3-8(4-6-9)13-12-17-10(14)11(15)18-13/h3-6,12H,2,7H2,1H3. The van der Waals surface area contributed by atoms with Crippen LogP contribution in [0.1, 0.15) is 13.3 Å². The highest BCUT2D eigenvalue weighted by atomic mass is 16.9. The molecule has 18 heavy (non-hydrogen) atoms. The molecule has 1 fully saturated rings. The average Bonchev–Trinajstić information content (AvgIpc) is 2.40. The summed E-state index contributed by atoms with van der Waals surface area (Å²) >= 11 is 0. The summed E-state index contributed by atoms with van der Waals surface area (Å²) in [4.78, 5) is 30.8. The number of nitrogens with zero attached hydrogens (tertiary/aromatic N) is 1. The second-order valence-corrected chi connectivity index (χ2v) is 3.50. The van der Waals surface area contributed by atoms with E-state index in [1.165, 1.54) is 0 Å². The minimum atomic E-state index is -1.09. The molecule has 0 unspecified atom stereocenters. The predicted molar refractivity (Wildman–Crippen MR) is 60.0 cm³/mol. The van der Waals surface area contributed by atoms with Crippen LogP contribution in [0.15, 0.2) is 24.3 Å². The fourth-order valence-corrected chi connectivity index (χ4v) is 1.27. The lowest BCUT2D eigenvalue weighted by Crippen LogP contribution is -2.49. The summed E-state index contributed by atoms with van der Waals surface area (Å²) < 4.78 is 5.40. The molecule has 0 bridgehead atoms. The van der Waals surface area contributed by atoms with Crippen molar-refractivity contribution in [2.24, 2.45) is 0 Å². The summed E-state index contributed by atoms with van der Waals surface area (Å²) in [5, 5.41) is 0.952. The van der Waals surface area contributed by atoms with Crippen LogP contribution in [0.25, 0.3) is 0 Å². The Balaban J connectivity index is 2.01. The first-order valence-electron chi connectivity index (χ1n) is 5.42. The van der Waals surface area contributed by atoms with Gasteiger partial charge in [-0.25, -0.2) is 9.59 Å². The van der Waals surface area contributed by atoms with Crippen LogP contribution in [0.2, 0.25) is 0 Å². The predicted octanol–water partition coefficient (Wildman–Crippen LogP) is 0.716. The zero-order valence-corrected chi connectivity index (χ0v) is 9.71. The second kappa shape index (κ2) is 5.37. The normalized spacial score (nSPS) is 15.1. The van der Waals surface area contributed by atoms with Gasteiger partial charge >= 0.3 is 11.9 Å². The smallest absolute Gasteiger partial charge is 0.444 e. The molecule has 0 atom stereocenters. The maximum atomic E-state index is 11.0. The summed E-state index contributed by atoms with van der Waals surface area (Å²) in [6.45, 7) is 2.65. The van der Waals surface area contributed by atoms with Gasteiger partial charge in [0.15, 0.2) is 0 Å². The van der Waals surface area contributed by atoms with Crippen LogP contribution >= 0.6 is 0 Å². The minimum absolute atomic E-state index is 0.500. The lowest BCUT2D eigenvalue weighted by Gasteiger charge is -2.25. The third-order valence-electron chi connectivity index (χ3n) is 2.11. The molecule has 0 radical (unpaired) electrons. The number of anilines is 1. The van der Waals surface area contributed by atoms with Crippen LogP contribution in [0, 0.1) is 0 Å². The number of rotatable bonds is 4. The largest absolute Gasteiger partial charge is 0.494 e. The van der Waals surface area contributed by atoms with Crippen molar-refractivity contribution in [1.82, 2.24) is 5.59 Å². The first-order valence-corrected chi connectivity index (χ1v) is 5.42. The van der Waals surface area contributed by atoms with E-state index in [0.717, 1.165) is 11.6 Å². The zero-order chi connectivity index (χ0) is 13.0. The summed E-state index contributed by atoms with van der Waals surface area (Å²) in [6.07, 6.45) is 0.920. The molecule has 0 saturated carbocycles. The number of ether oxygens (including phenoxy) is 1. The summed E-state index contributed by atoms with van der Waals surface area (Å²) in [5.41, 5.74) is 2.68. The van der Waals surface area contributed by atoms with Gasteiger partial charge in [0, 0.05) is 0 Å². The molecule has 1 heterocycles. The van der Waals surface area contributed by atoms with Crippen LogP contribution in [-0.4, -0.2) is 18.5 Å². The van der Waals surface area contributed by atoms with Crippen molar-refractivity contribution in [2.75, 3.05) is 11.8 Å². The van der Waals surface area contributed by atoms with Gasteiger partial charge in [-0.1, -0.05) is 6.92 Å². The van der Waals surface area contributed by atoms with Gasteiger partial charge in [0.1, 0.15) is 5.75 Å². The quantitative estimate of drug-likeness (QED) is 0.791. The second-order valence-electron chi connectivity index (χ2n) is 3.50. The topological polar surface area (TPSA) is 77.1 Å². The molecule has 1 N–H and O–H groups in total. The molecule has 0 amide bonds. The van der Waals surface area contributed by atoms with E-state index in [0.29, 0.717) is 18.0 Å². The van der Waals surface area contributed by atoms with E-state index in [1.54, 1.807) is 24.3 Å². The fraction of sp³-hybridized carbons (Fsp3) is 0.273. The Morgan fingerprint density at radius 2 is 1.94 bits per heavy atom. The number of hydrogen-bond donors (Lipinski definition) is 1. The van der Waals surface area contributed by atoms with Crippen LogP contribution in [0.5, 0.6) is 5.75 Å². The average molecular weight is 252 g/mol. The molecule has 1 aliphatic heterocycles. The molecule has 7 nitrogen and oxygen atoms in total. The van der Waals surface area contributed by atoms with E-state index in [4.69, 9.17) is 4.74 Å². The summed E-state index contributed by atoms with van der Waals surface area (Å²) in [7, 11) is 0. The highest BCUT2D eigenvalue weighted by molar-refractivity contribution is 6.30. The molecule has 1 aliphatic rings. The van der Waals surface area contributed by atoms with Gasteiger partial charge in [0.05, 0.1) is 12.3 Å². The monoisotopic (exact) mass is 252 g/mol. The van der Waals surface area contributed by atoms with E-state index in [-0.39, 0.29) is 0 Å². The van der Waals surface area contributed by atoms with Gasteiger partial charge in [-0.3, -0.25) is 0 Å². The first kappa shape index (κ1) is 12.2. The van der Waals surface area contributed by atoms with Crippen LogP contribution in [-0.2, 0) is 19.3 Å². The Bertz CT molecular complexity index is 445. The first-order chi connectivity index (χ1) is 8.70. The number of carbonyl (C=O) groups excluding carboxylic acids is 2. The van der Waals surface area contributed by atoms with Gasteiger partial charge in [0.25, 0.3) is 0 Å².